The lowest BCUT2D eigenvalue weighted by Crippen LogP contribution is -2.10. The van der Waals surface area contributed by atoms with Crippen molar-refractivity contribution >= 4 is 18.3 Å². The maximum atomic E-state index is 11.0. The first-order chi connectivity index (χ1) is 7.70. The third kappa shape index (κ3) is 2.80. The summed E-state index contributed by atoms with van der Waals surface area (Å²) in [6.45, 7) is 0.183. The Bertz CT molecular complexity index is 527. The number of carbonyl (C=O) groups is 1. The Morgan fingerprint density at radius 1 is 1.41 bits per heavy atom. The number of hydrogen-bond acceptors (Lipinski definition) is 5. The van der Waals surface area contributed by atoms with Gasteiger partial charge in [0.25, 0.3) is 0 Å². The van der Waals surface area contributed by atoms with Gasteiger partial charge < -0.3 is 16.0 Å². The van der Waals surface area contributed by atoms with E-state index in [4.69, 9.17) is 16.0 Å². The van der Waals surface area contributed by atoms with Gasteiger partial charge in [-0.1, -0.05) is 17.3 Å². The molecular formula is C10H11ClN4O2. The number of amides is 1. The Hall–Kier alpha value is -1.92. The molecule has 0 aliphatic rings. The zero-order valence-electron chi connectivity index (χ0n) is 8.79. The molecule has 2 rings (SSSR count). The molecule has 1 aromatic carbocycles. The van der Waals surface area contributed by atoms with Crippen LogP contribution in [-0.4, -0.2) is 16.0 Å². The molecule has 0 fully saturated rings. The first kappa shape index (κ1) is 13.1. The number of nitrogens with zero attached hydrogens (tertiary/aromatic N) is 2. The second-order valence-electron chi connectivity index (χ2n) is 3.16. The van der Waals surface area contributed by atoms with Crippen molar-refractivity contribution in [1.82, 2.24) is 10.1 Å². The zero-order chi connectivity index (χ0) is 11.5. The van der Waals surface area contributed by atoms with Crippen molar-refractivity contribution < 1.29 is 9.32 Å². The SMILES string of the molecule is Cl.NCc1nc(-c2cccc(C(N)=O)c2)no1. The van der Waals surface area contributed by atoms with Gasteiger partial charge in [0.05, 0.1) is 6.54 Å². The Kier molecular flexibility index (Phi) is 4.19. The minimum absolute atomic E-state index is 0. The van der Waals surface area contributed by atoms with Gasteiger partial charge in [0, 0.05) is 11.1 Å². The fraction of sp³-hybridized carbons (Fsp3) is 0.100. The van der Waals surface area contributed by atoms with Gasteiger partial charge in [-0.2, -0.15) is 4.98 Å². The molecule has 17 heavy (non-hydrogen) atoms. The molecule has 1 amide bonds. The quantitative estimate of drug-likeness (QED) is 0.839. The van der Waals surface area contributed by atoms with Crippen LogP contribution in [0.4, 0.5) is 0 Å². The Labute approximate surface area is 103 Å². The molecule has 90 valence electrons. The van der Waals surface area contributed by atoms with Crippen LogP contribution in [0.3, 0.4) is 0 Å². The van der Waals surface area contributed by atoms with Crippen LogP contribution in [0.5, 0.6) is 0 Å². The van der Waals surface area contributed by atoms with Gasteiger partial charge >= 0.3 is 0 Å². The summed E-state index contributed by atoms with van der Waals surface area (Å²) in [5.74, 6) is 0.243. The van der Waals surface area contributed by atoms with E-state index in [1.54, 1.807) is 24.3 Å². The molecule has 1 aromatic heterocycles. The number of halogens is 1. The summed E-state index contributed by atoms with van der Waals surface area (Å²) in [7, 11) is 0. The standard InChI is InChI=1S/C10H10N4O2.ClH/c11-5-8-13-10(14-16-8)7-3-1-2-6(4-7)9(12)15;/h1-4H,5,11H2,(H2,12,15);1H. The summed E-state index contributed by atoms with van der Waals surface area (Å²) in [5.41, 5.74) is 11.6. The molecule has 0 spiro atoms. The molecule has 0 saturated carbocycles. The average molecular weight is 255 g/mol. The number of rotatable bonds is 3. The molecule has 6 nitrogen and oxygen atoms in total. The number of nitrogens with two attached hydrogens (primary N) is 2. The van der Waals surface area contributed by atoms with Crippen molar-refractivity contribution in [2.24, 2.45) is 11.5 Å². The van der Waals surface area contributed by atoms with Crippen molar-refractivity contribution in [3.63, 3.8) is 0 Å². The lowest BCUT2D eigenvalue weighted by molar-refractivity contribution is 0.100. The second kappa shape index (κ2) is 5.42. The number of benzene rings is 1. The maximum Gasteiger partial charge on any atom is 0.248 e. The predicted molar refractivity (Wildman–Crippen MR) is 63.4 cm³/mol. The fourth-order valence-corrected chi connectivity index (χ4v) is 1.27. The highest BCUT2D eigenvalue weighted by atomic mass is 35.5. The van der Waals surface area contributed by atoms with Crippen LogP contribution in [0.1, 0.15) is 16.2 Å². The molecule has 7 heteroatoms. The Morgan fingerprint density at radius 3 is 2.76 bits per heavy atom. The van der Waals surface area contributed by atoms with E-state index in [1.165, 1.54) is 0 Å². The third-order valence-electron chi connectivity index (χ3n) is 2.05. The maximum absolute atomic E-state index is 11.0. The van der Waals surface area contributed by atoms with E-state index in [0.29, 0.717) is 22.8 Å². The normalized spacial score (nSPS) is 9.71. The van der Waals surface area contributed by atoms with Crippen LogP contribution in [0, 0.1) is 0 Å². The minimum atomic E-state index is -0.496. The first-order valence-electron chi connectivity index (χ1n) is 4.63. The summed E-state index contributed by atoms with van der Waals surface area (Å²) in [6.07, 6.45) is 0. The van der Waals surface area contributed by atoms with E-state index in [0.717, 1.165) is 0 Å². The molecule has 0 aliphatic carbocycles. The van der Waals surface area contributed by atoms with E-state index >= 15 is 0 Å². The molecule has 0 radical (unpaired) electrons. The third-order valence-corrected chi connectivity index (χ3v) is 2.05. The van der Waals surface area contributed by atoms with E-state index in [9.17, 15) is 4.79 Å². The summed E-state index contributed by atoms with van der Waals surface area (Å²) in [6, 6.07) is 6.69. The largest absolute Gasteiger partial charge is 0.366 e. The van der Waals surface area contributed by atoms with Crippen LogP contribution in [0.15, 0.2) is 28.8 Å². The van der Waals surface area contributed by atoms with Crippen LogP contribution in [-0.2, 0) is 6.54 Å². The summed E-state index contributed by atoms with van der Waals surface area (Å²) in [5, 5.41) is 3.74. The number of primary amides is 1. The molecule has 0 unspecified atom stereocenters. The number of carbonyl (C=O) groups excluding carboxylic acids is 1. The van der Waals surface area contributed by atoms with Gasteiger partial charge in [-0.25, -0.2) is 0 Å². The molecule has 1 heterocycles. The monoisotopic (exact) mass is 254 g/mol. The highest BCUT2D eigenvalue weighted by Crippen LogP contribution is 2.16. The molecule has 0 bridgehead atoms. The van der Waals surface area contributed by atoms with Gasteiger partial charge in [-0.05, 0) is 12.1 Å². The lowest BCUT2D eigenvalue weighted by atomic mass is 10.1. The topological polar surface area (TPSA) is 108 Å². The second-order valence-corrected chi connectivity index (χ2v) is 3.16. The van der Waals surface area contributed by atoms with Gasteiger partial charge in [0.1, 0.15) is 0 Å². The molecular weight excluding hydrogens is 244 g/mol. The minimum Gasteiger partial charge on any atom is -0.366 e. The fourth-order valence-electron chi connectivity index (χ4n) is 1.27. The van der Waals surface area contributed by atoms with Crippen LogP contribution in [0.25, 0.3) is 11.4 Å². The molecule has 4 N–H and O–H groups in total. The van der Waals surface area contributed by atoms with Gasteiger partial charge in [-0.15, -0.1) is 12.4 Å². The highest BCUT2D eigenvalue weighted by Gasteiger charge is 2.09. The zero-order valence-corrected chi connectivity index (χ0v) is 9.61. The smallest absolute Gasteiger partial charge is 0.248 e. The number of aromatic nitrogens is 2. The Morgan fingerprint density at radius 2 is 2.18 bits per heavy atom. The molecule has 0 saturated heterocycles. The Balaban J connectivity index is 0.00000144. The summed E-state index contributed by atoms with van der Waals surface area (Å²) < 4.78 is 4.87. The van der Waals surface area contributed by atoms with Crippen molar-refractivity contribution in [2.75, 3.05) is 0 Å². The lowest BCUT2D eigenvalue weighted by Gasteiger charge is -1.97. The van der Waals surface area contributed by atoms with Crippen molar-refractivity contribution in [2.45, 2.75) is 6.54 Å². The molecule has 0 aliphatic heterocycles. The molecule has 2 aromatic rings. The van der Waals surface area contributed by atoms with Gasteiger partial charge in [0.2, 0.25) is 17.6 Å². The van der Waals surface area contributed by atoms with Crippen molar-refractivity contribution in [1.29, 1.82) is 0 Å². The van der Waals surface area contributed by atoms with Crippen LogP contribution in [0.2, 0.25) is 0 Å². The molecule has 0 atom stereocenters. The summed E-state index contributed by atoms with van der Waals surface area (Å²) in [4.78, 5) is 15.0. The van der Waals surface area contributed by atoms with Gasteiger partial charge in [0.15, 0.2) is 0 Å². The highest BCUT2D eigenvalue weighted by molar-refractivity contribution is 5.93. The van der Waals surface area contributed by atoms with Crippen molar-refractivity contribution in [3.05, 3.63) is 35.7 Å². The van der Waals surface area contributed by atoms with E-state index < -0.39 is 5.91 Å². The number of hydrogen-bond donors (Lipinski definition) is 2. The average Bonchev–Trinajstić information content (AvgIpc) is 2.77. The van der Waals surface area contributed by atoms with Gasteiger partial charge in [-0.3, -0.25) is 4.79 Å². The van der Waals surface area contributed by atoms with E-state index in [1.807, 2.05) is 0 Å². The van der Waals surface area contributed by atoms with Crippen LogP contribution < -0.4 is 11.5 Å². The van der Waals surface area contributed by atoms with E-state index in [2.05, 4.69) is 10.1 Å². The van der Waals surface area contributed by atoms with E-state index in [-0.39, 0.29) is 19.0 Å². The van der Waals surface area contributed by atoms with Crippen molar-refractivity contribution in [3.8, 4) is 11.4 Å². The predicted octanol–water partition coefficient (Wildman–Crippen LogP) is 0.716. The first-order valence-corrected chi connectivity index (χ1v) is 4.63. The van der Waals surface area contributed by atoms with Crippen LogP contribution >= 0.6 is 12.4 Å². The summed E-state index contributed by atoms with van der Waals surface area (Å²) >= 11 is 0.